The molecule has 2 aromatic carbocycles. The van der Waals surface area contributed by atoms with Crippen LogP contribution in [0, 0.1) is 0 Å². The summed E-state index contributed by atoms with van der Waals surface area (Å²) < 4.78 is 5.44. The van der Waals surface area contributed by atoms with Crippen molar-refractivity contribution in [2.24, 2.45) is 0 Å². The second-order valence-electron chi connectivity index (χ2n) is 5.93. The van der Waals surface area contributed by atoms with Gasteiger partial charge in [-0.2, -0.15) is 0 Å². The molecule has 1 saturated heterocycles. The Morgan fingerprint density at radius 2 is 1.79 bits per heavy atom. The molecule has 0 radical (unpaired) electrons. The number of nitrogens with one attached hydrogen (secondary N) is 1. The molecule has 2 aliphatic rings. The number of nitrogens with zero attached hydrogens (tertiary/aromatic N) is 2. The van der Waals surface area contributed by atoms with E-state index in [2.05, 4.69) is 22.3 Å². The summed E-state index contributed by atoms with van der Waals surface area (Å²) >= 11 is 0. The molecule has 0 aliphatic carbocycles. The second kappa shape index (κ2) is 5.89. The van der Waals surface area contributed by atoms with E-state index in [-0.39, 0.29) is 11.8 Å². The van der Waals surface area contributed by atoms with Crippen LogP contribution in [-0.2, 0) is 4.74 Å². The predicted molar refractivity (Wildman–Crippen MR) is 91.2 cm³/mol. The number of hydrazine groups is 1. The van der Waals surface area contributed by atoms with Gasteiger partial charge in [-0.15, -0.1) is 0 Å². The van der Waals surface area contributed by atoms with Crippen molar-refractivity contribution < 1.29 is 14.3 Å². The Morgan fingerprint density at radius 1 is 1.08 bits per heavy atom. The first-order valence-corrected chi connectivity index (χ1v) is 8.22. The number of carbonyl (C=O) groups is 2. The highest BCUT2D eigenvalue weighted by molar-refractivity contribution is 6.26. The Balaban J connectivity index is 1.90. The molecule has 1 N–H and O–H groups in total. The maximum Gasteiger partial charge on any atom is 0.258 e. The average Bonchev–Trinajstić information content (AvgIpc) is 2.62. The van der Waals surface area contributed by atoms with Crippen LogP contribution in [0.2, 0.25) is 0 Å². The Bertz CT molecular complexity index is 807. The molecule has 0 aromatic heterocycles. The minimum atomic E-state index is -0.329. The van der Waals surface area contributed by atoms with Crippen molar-refractivity contribution in [2.75, 3.05) is 37.9 Å². The van der Waals surface area contributed by atoms with Gasteiger partial charge in [-0.1, -0.05) is 12.1 Å². The number of hydrogen-bond donors (Lipinski definition) is 1. The lowest BCUT2D eigenvalue weighted by molar-refractivity contribution is 0.0324. The summed E-state index contributed by atoms with van der Waals surface area (Å²) in [7, 11) is 0. The number of morpholine rings is 1. The summed E-state index contributed by atoms with van der Waals surface area (Å²) in [5.41, 5.74) is 2.13. The van der Waals surface area contributed by atoms with Crippen LogP contribution < -0.4 is 10.3 Å². The van der Waals surface area contributed by atoms with Gasteiger partial charge in [-0.25, -0.2) is 5.01 Å². The van der Waals surface area contributed by atoms with Crippen LogP contribution in [0.25, 0.3) is 10.8 Å². The third-order valence-electron chi connectivity index (χ3n) is 4.64. The first-order valence-electron chi connectivity index (χ1n) is 8.22. The Kier molecular flexibility index (Phi) is 3.70. The van der Waals surface area contributed by atoms with Crippen molar-refractivity contribution in [3.63, 3.8) is 0 Å². The Morgan fingerprint density at radius 3 is 2.50 bits per heavy atom. The van der Waals surface area contributed by atoms with E-state index in [1.165, 1.54) is 0 Å². The van der Waals surface area contributed by atoms with Crippen LogP contribution in [0.15, 0.2) is 30.3 Å². The zero-order valence-corrected chi connectivity index (χ0v) is 13.5. The monoisotopic (exact) mass is 325 g/mol. The smallest absolute Gasteiger partial charge is 0.258 e. The van der Waals surface area contributed by atoms with Gasteiger partial charge in [0.05, 0.1) is 18.9 Å². The van der Waals surface area contributed by atoms with E-state index in [4.69, 9.17) is 4.74 Å². The molecule has 124 valence electrons. The zero-order valence-electron chi connectivity index (χ0n) is 13.5. The van der Waals surface area contributed by atoms with Crippen LogP contribution in [0.4, 0.5) is 5.69 Å². The van der Waals surface area contributed by atoms with Crippen molar-refractivity contribution in [3.05, 3.63) is 41.5 Å². The topological polar surface area (TPSA) is 61.9 Å². The lowest BCUT2D eigenvalue weighted by atomic mass is 9.94. The summed E-state index contributed by atoms with van der Waals surface area (Å²) in [5.74, 6) is -0.658. The lowest BCUT2D eigenvalue weighted by Gasteiger charge is -2.39. The molecule has 6 nitrogen and oxygen atoms in total. The standard InChI is InChI=1S/C18H19N3O3/c1-2-21(20-8-10-24-11-9-20)15-7-6-14-16-12(15)4-3-5-13(16)17(22)19-18(14)23/h3-7H,2,8-11H2,1H3,(H,19,22,23). The maximum absolute atomic E-state index is 12.2. The summed E-state index contributed by atoms with van der Waals surface area (Å²) in [6.45, 7) is 5.98. The zero-order chi connectivity index (χ0) is 16.7. The molecule has 2 amide bonds. The molecule has 6 heteroatoms. The van der Waals surface area contributed by atoms with Crippen LogP contribution in [0.3, 0.4) is 0 Å². The van der Waals surface area contributed by atoms with Gasteiger partial charge in [0, 0.05) is 41.5 Å². The van der Waals surface area contributed by atoms with Gasteiger partial charge in [0.15, 0.2) is 0 Å². The van der Waals surface area contributed by atoms with Gasteiger partial charge in [0.2, 0.25) is 0 Å². The van der Waals surface area contributed by atoms with E-state index in [0.717, 1.165) is 36.1 Å². The van der Waals surface area contributed by atoms with Gasteiger partial charge >= 0.3 is 0 Å². The molecule has 2 heterocycles. The van der Waals surface area contributed by atoms with E-state index >= 15 is 0 Å². The van der Waals surface area contributed by atoms with E-state index < -0.39 is 0 Å². The van der Waals surface area contributed by atoms with Gasteiger partial charge in [-0.3, -0.25) is 14.9 Å². The third-order valence-corrected chi connectivity index (χ3v) is 4.64. The molecular formula is C18H19N3O3. The first-order chi connectivity index (χ1) is 11.7. The number of ether oxygens (including phenoxy) is 1. The quantitative estimate of drug-likeness (QED) is 0.872. The highest BCUT2D eigenvalue weighted by Crippen LogP contribution is 2.34. The summed E-state index contributed by atoms with van der Waals surface area (Å²) in [6, 6.07) is 9.39. The molecule has 0 atom stereocenters. The molecule has 2 aromatic rings. The minimum Gasteiger partial charge on any atom is -0.379 e. The normalized spacial score (nSPS) is 17.9. The molecule has 0 spiro atoms. The Labute approximate surface area is 139 Å². The average molecular weight is 325 g/mol. The number of carbonyl (C=O) groups excluding carboxylic acids is 2. The molecule has 0 unspecified atom stereocenters. The highest BCUT2D eigenvalue weighted by Gasteiger charge is 2.27. The number of rotatable bonds is 3. The van der Waals surface area contributed by atoms with Crippen molar-refractivity contribution in [1.82, 2.24) is 10.3 Å². The number of imide groups is 1. The highest BCUT2D eigenvalue weighted by atomic mass is 16.5. The van der Waals surface area contributed by atoms with E-state index in [1.54, 1.807) is 6.07 Å². The van der Waals surface area contributed by atoms with Crippen molar-refractivity contribution >= 4 is 28.3 Å². The number of benzene rings is 2. The fraction of sp³-hybridized carbons (Fsp3) is 0.333. The molecule has 4 rings (SSSR count). The predicted octanol–water partition coefficient (Wildman–Crippen LogP) is 1.80. The Hall–Kier alpha value is -2.44. The summed E-state index contributed by atoms with van der Waals surface area (Å²) in [5, 5.41) is 8.55. The fourth-order valence-corrected chi connectivity index (χ4v) is 3.55. The van der Waals surface area contributed by atoms with Gasteiger partial charge in [0.25, 0.3) is 11.8 Å². The molecule has 0 saturated carbocycles. The molecule has 0 bridgehead atoms. The second-order valence-corrected chi connectivity index (χ2v) is 5.93. The maximum atomic E-state index is 12.2. The minimum absolute atomic E-state index is 0.329. The summed E-state index contributed by atoms with van der Waals surface area (Å²) in [6.07, 6.45) is 0. The molecule has 24 heavy (non-hydrogen) atoms. The van der Waals surface area contributed by atoms with Crippen molar-refractivity contribution in [2.45, 2.75) is 6.92 Å². The van der Waals surface area contributed by atoms with Crippen LogP contribution in [-0.4, -0.2) is 49.7 Å². The molecule has 1 fully saturated rings. The van der Waals surface area contributed by atoms with Crippen molar-refractivity contribution in [1.29, 1.82) is 0 Å². The van der Waals surface area contributed by atoms with Gasteiger partial charge < -0.3 is 9.75 Å². The van der Waals surface area contributed by atoms with Crippen LogP contribution >= 0.6 is 0 Å². The van der Waals surface area contributed by atoms with Gasteiger partial charge in [-0.05, 0) is 25.1 Å². The van der Waals surface area contributed by atoms with Crippen LogP contribution in [0.1, 0.15) is 27.6 Å². The molecule has 2 aliphatic heterocycles. The van der Waals surface area contributed by atoms with Crippen molar-refractivity contribution in [3.8, 4) is 0 Å². The summed E-state index contributed by atoms with van der Waals surface area (Å²) in [4.78, 5) is 24.3. The van der Waals surface area contributed by atoms with E-state index in [0.29, 0.717) is 24.3 Å². The number of anilines is 1. The largest absolute Gasteiger partial charge is 0.379 e. The fourth-order valence-electron chi connectivity index (χ4n) is 3.55. The SMILES string of the molecule is CCN(c1ccc2c3c(cccc13)C(=O)NC2=O)N1CCOCC1. The van der Waals surface area contributed by atoms with E-state index in [9.17, 15) is 9.59 Å². The molecular weight excluding hydrogens is 306 g/mol. The van der Waals surface area contributed by atoms with Crippen LogP contribution in [0.5, 0.6) is 0 Å². The third kappa shape index (κ3) is 2.26. The van der Waals surface area contributed by atoms with E-state index in [1.807, 2.05) is 24.3 Å². The number of hydrogen-bond acceptors (Lipinski definition) is 5. The van der Waals surface area contributed by atoms with Gasteiger partial charge in [0.1, 0.15) is 0 Å². The first kappa shape index (κ1) is 15.1. The number of amides is 2. The lowest BCUT2D eigenvalue weighted by Crippen LogP contribution is -2.49.